The maximum Gasteiger partial charge on any atom is 0.254 e. The molecule has 0 saturated carbocycles. The first-order chi connectivity index (χ1) is 9.22. The van der Waals surface area contributed by atoms with Crippen LogP contribution < -0.4 is 5.14 Å². The predicted molar refractivity (Wildman–Crippen MR) is 79.2 cm³/mol. The molecule has 0 unspecified atom stereocenters. The van der Waals surface area contributed by atoms with Crippen LogP contribution in [-0.4, -0.2) is 32.3 Å². The lowest BCUT2D eigenvalue weighted by Crippen LogP contribution is -2.32. The van der Waals surface area contributed by atoms with Crippen LogP contribution in [0.2, 0.25) is 0 Å². The Morgan fingerprint density at radius 3 is 2.25 bits per heavy atom. The van der Waals surface area contributed by atoms with E-state index >= 15 is 0 Å². The third-order valence-corrected chi connectivity index (χ3v) is 4.27. The number of benzene rings is 1. The van der Waals surface area contributed by atoms with Gasteiger partial charge in [0.05, 0.1) is 4.90 Å². The van der Waals surface area contributed by atoms with Crippen LogP contribution >= 0.6 is 0 Å². The van der Waals surface area contributed by atoms with Crippen molar-refractivity contribution in [3.05, 3.63) is 28.8 Å². The van der Waals surface area contributed by atoms with Crippen molar-refractivity contribution in [3.8, 4) is 0 Å². The van der Waals surface area contributed by atoms with Crippen molar-refractivity contribution in [1.29, 1.82) is 0 Å². The van der Waals surface area contributed by atoms with Gasteiger partial charge in [0, 0.05) is 18.7 Å². The monoisotopic (exact) mass is 298 g/mol. The van der Waals surface area contributed by atoms with E-state index in [-0.39, 0.29) is 10.8 Å². The van der Waals surface area contributed by atoms with Gasteiger partial charge in [-0.15, -0.1) is 0 Å². The molecular formula is C14H22N2O3S. The van der Waals surface area contributed by atoms with E-state index in [1.54, 1.807) is 24.8 Å². The number of amides is 1. The quantitative estimate of drug-likeness (QED) is 0.900. The van der Waals surface area contributed by atoms with Gasteiger partial charge in [0.15, 0.2) is 0 Å². The highest BCUT2D eigenvalue weighted by Crippen LogP contribution is 2.21. The van der Waals surface area contributed by atoms with Gasteiger partial charge in [-0.05, 0) is 44.4 Å². The van der Waals surface area contributed by atoms with Crippen molar-refractivity contribution in [2.45, 2.75) is 39.0 Å². The van der Waals surface area contributed by atoms with Gasteiger partial charge in [0.2, 0.25) is 10.0 Å². The van der Waals surface area contributed by atoms with Crippen LogP contribution in [0.1, 0.15) is 41.8 Å². The molecule has 1 aromatic carbocycles. The summed E-state index contributed by atoms with van der Waals surface area (Å²) in [6, 6.07) is 3.08. The third-order valence-electron chi connectivity index (χ3n) is 3.22. The van der Waals surface area contributed by atoms with Gasteiger partial charge in [-0.3, -0.25) is 4.79 Å². The van der Waals surface area contributed by atoms with Gasteiger partial charge >= 0.3 is 0 Å². The standard InChI is InChI=1S/C14H22N2O3S/c1-5-7-16(6-2)14(17)12-9-13(20(15,18)19)11(4)8-10(12)3/h8-9H,5-7H2,1-4H3,(H2,15,18,19). The van der Waals surface area contributed by atoms with E-state index in [1.165, 1.54) is 6.07 Å². The maximum absolute atomic E-state index is 12.5. The zero-order valence-electron chi connectivity index (χ0n) is 12.4. The highest BCUT2D eigenvalue weighted by atomic mass is 32.2. The Bertz CT molecular complexity index is 609. The number of hydrogen-bond acceptors (Lipinski definition) is 3. The Morgan fingerprint density at radius 1 is 1.20 bits per heavy atom. The van der Waals surface area contributed by atoms with Crippen molar-refractivity contribution in [2.75, 3.05) is 13.1 Å². The first-order valence-corrected chi connectivity index (χ1v) is 8.20. The fraction of sp³-hybridized carbons (Fsp3) is 0.500. The summed E-state index contributed by atoms with van der Waals surface area (Å²) in [5, 5.41) is 5.19. The Morgan fingerprint density at radius 2 is 1.80 bits per heavy atom. The Balaban J connectivity index is 3.35. The highest BCUT2D eigenvalue weighted by molar-refractivity contribution is 7.89. The van der Waals surface area contributed by atoms with Gasteiger partial charge in [-0.1, -0.05) is 13.0 Å². The number of nitrogens with zero attached hydrogens (tertiary/aromatic N) is 1. The number of rotatable bonds is 5. The van der Waals surface area contributed by atoms with Gasteiger partial charge in [-0.2, -0.15) is 0 Å². The number of sulfonamides is 1. The topological polar surface area (TPSA) is 80.5 Å². The molecule has 0 bridgehead atoms. The zero-order chi connectivity index (χ0) is 15.5. The van der Waals surface area contributed by atoms with E-state index < -0.39 is 10.0 Å². The lowest BCUT2D eigenvalue weighted by Gasteiger charge is -2.21. The highest BCUT2D eigenvalue weighted by Gasteiger charge is 2.20. The summed E-state index contributed by atoms with van der Waals surface area (Å²) in [4.78, 5) is 14.2. The molecule has 1 amide bonds. The van der Waals surface area contributed by atoms with Gasteiger partial charge < -0.3 is 4.90 Å². The molecule has 0 atom stereocenters. The molecule has 20 heavy (non-hydrogen) atoms. The molecule has 0 spiro atoms. The second kappa shape index (κ2) is 6.37. The summed E-state index contributed by atoms with van der Waals surface area (Å²) in [5.74, 6) is -0.156. The molecule has 112 valence electrons. The smallest absolute Gasteiger partial charge is 0.254 e. The van der Waals surface area contributed by atoms with Crippen molar-refractivity contribution in [2.24, 2.45) is 5.14 Å². The van der Waals surface area contributed by atoms with Crippen molar-refractivity contribution in [3.63, 3.8) is 0 Å². The first kappa shape index (κ1) is 16.7. The van der Waals surface area contributed by atoms with Crippen LogP contribution in [0.15, 0.2) is 17.0 Å². The SMILES string of the molecule is CCCN(CC)C(=O)c1cc(S(N)(=O)=O)c(C)cc1C. The normalized spacial score (nSPS) is 11.4. The second-order valence-electron chi connectivity index (χ2n) is 4.86. The molecule has 6 heteroatoms. The molecule has 0 saturated heterocycles. The fourth-order valence-corrected chi connectivity index (χ4v) is 3.00. The molecule has 0 aliphatic carbocycles. The van der Waals surface area contributed by atoms with Crippen LogP contribution in [0.4, 0.5) is 0 Å². The Kier molecular flexibility index (Phi) is 5.30. The third kappa shape index (κ3) is 3.58. The predicted octanol–water partition coefficient (Wildman–Crippen LogP) is 1.82. The molecule has 0 aliphatic rings. The van der Waals surface area contributed by atoms with Gasteiger partial charge in [-0.25, -0.2) is 13.6 Å². The molecule has 0 aromatic heterocycles. The second-order valence-corrected chi connectivity index (χ2v) is 6.39. The summed E-state index contributed by atoms with van der Waals surface area (Å²) in [5.41, 5.74) is 1.71. The molecule has 0 radical (unpaired) electrons. The van der Waals surface area contributed by atoms with E-state index in [0.29, 0.717) is 24.2 Å². The van der Waals surface area contributed by atoms with E-state index in [1.807, 2.05) is 13.8 Å². The van der Waals surface area contributed by atoms with E-state index in [4.69, 9.17) is 5.14 Å². The minimum absolute atomic E-state index is 0.0130. The number of carbonyl (C=O) groups excluding carboxylic acids is 1. The lowest BCUT2D eigenvalue weighted by atomic mass is 10.0. The molecular weight excluding hydrogens is 276 g/mol. The molecule has 0 aliphatic heterocycles. The number of primary sulfonamides is 1. The van der Waals surface area contributed by atoms with Crippen molar-refractivity contribution >= 4 is 15.9 Å². The summed E-state index contributed by atoms with van der Waals surface area (Å²) in [7, 11) is -3.82. The summed E-state index contributed by atoms with van der Waals surface area (Å²) in [6.07, 6.45) is 0.854. The molecule has 1 aromatic rings. The Hall–Kier alpha value is -1.40. The molecule has 5 nitrogen and oxygen atoms in total. The molecule has 0 heterocycles. The minimum Gasteiger partial charge on any atom is -0.339 e. The van der Waals surface area contributed by atoms with Crippen LogP contribution in [0.25, 0.3) is 0 Å². The first-order valence-electron chi connectivity index (χ1n) is 6.65. The number of carbonyl (C=O) groups is 1. The van der Waals surface area contributed by atoms with E-state index in [9.17, 15) is 13.2 Å². The summed E-state index contributed by atoms with van der Waals surface area (Å²) < 4.78 is 23.1. The largest absolute Gasteiger partial charge is 0.339 e. The summed E-state index contributed by atoms with van der Waals surface area (Å²) >= 11 is 0. The number of aryl methyl sites for hydroxylation is 2. The van der Waals surface area contributed by atoms with Crippen molar-refractivity contribution < 1.29 is 13.2 Å². The van der Waals surface area contributed by atoms with Crippen LogP contribution in [0, 0.1) is 13.8 Å². The minimum atomic E-state index is -3.82. The van der Waals surface area contributed by atoms with Crippen LogP contribution in [-0.2, 0) is 10.0 Å². The lowest BCUT2D eigenvalue weighted by molar-refractivity contribution is 0.0763. The number of nitrogens with two attached hydrogens (primary N) is 1. The number of hydrogen-bond donors (Lipinski definition) is 1. The van der Waals surface area contributed by atoms with Crippen LogP contribution in [0.3, 0.4) is 0 Å². The van der Waals surface area contributed by atoms with Gasteiger partial charge in [0.25, 0.3) is 5.91 Å². The van der Waals surface area contributed by atoms with E-state index in [2.05, 4.69) is 0 Å². The summed E-state index contributed by atoms with van der Waals surface area (Å²) in [6.45, 7) is 8.60. The van der Waals surface area contributed by atoms with Gasteiger partial charge in [0.1, 0.15) is 0 Å². The average molecular weight is 298 g/mol. The maximum atomic E-state index is 12.5. The van der Waals surface area contributed by atoms with E-state index in [0.717, 1.165) is 12.0 Å². The average Bonchev–Trinajstić information content (AvgIpc) is 2.33. The fourth-order valence-electron chi connectivity index (χ4n) is 2.21. The Labute approximate surface area is 120 Å². The van der Waals surface area contributed by atoms with Crippen LogP contribution in [0.5, 0.6) is 0 Å². The van der Waals surface area contributed by atoms with Crippen molar-refractivity contribution in [1.82, 2.24) is 4.90 Å². The zero-order valence-corrected chi connectivity index (χ0v) is 13.3. The molecule has 0 fully saturated rings. The molecule has 2 N–H and O–H groups in total. The molecule has 1 rings (SSSR count).